The average Bonchev–Trinajstić information content (AvgIpc) is 3.25. The smallest absolute Gasteiger partial charge is 0.222 e. The molecular weight excluding hydrogens is 442 g/mol. The van der Waals surface area contributed by atoms with E-state index in [-0.39, 0.29) is 31.3 Å². The van der Waals surface area contributed by atoms with Crippen molar-refractivity contribution in [3.63, 3.8) is 0 Å². The summed E-state index contributed by atoms with van der Waals surface area (Å²) < 4.78 is 16.5. The monoisotopic (exact) mass is 493 g/mol. The molecule has 2 heterocycles. The Balaban J connectivity index is 0.00000164. The molecule has 1 amide bonds. The Kier molecular flexibility index (Phi) is 18.0. The van der Waals surface area contributed by atoms with Gasteiger partial charge in [-0.3, -0.25) is 4.79 Å². The van der Waals surface area contributed by atoms with Crippen LogP contribution in [0.5, 0.6) is 0 Å². The third-order valence-electron chi connectivity index (χ3n) is 5.75. The van der Waals surface area contributed by atoms with E-state index in [0.717, 1.165) is 25.2 Å². The van der Waals surface area contributed by atoms with Crippen LogP contribution in [0.4, 0.5) is 0 Å². The van der Waals surface area contributed by atoms with Gasteiger partial charge in [-0.25, -0.2) is 0 Å². The van der Waals surface area contributed by atoms with E-state index in [0.29, 0.717) is 26.0 Å². The summed E-state index contributed by atoms with van der Waals surface area (Å²) >= 11 is 0. The Labute approximate surface area is 206 Å². The van der Waals surface area contributed by atoms with Gasteiger partial charge in [0.25, 0.3) is 0 Å². The van der Waals surface area contributed by atoms with Crippen LogP contribution in [-0.2, 0) is 19.0 Å². The van der Waals surface area contributed by atoms with E-state index in [9.17, 15) is 25.2 Å². The number of likely N-dealkylation sites (tertiary alicyclic amines) is 1. The first-order valence-corrected chi connectivity index (χ1v) is 12.8. The van der Waals surface area contributed by atoms with E-state index >= 15 is 0 Å². The maximum absolute atomic E-state index is 12.4. The maximum Gasteiger partial charge on any atom is 0.222 e. The van der Waals surface area contributed by atoms with Gasteiger partial charge in [-0.05, 0) is 25.2 Å². The van der Waals surface area contributed by atoms with Crippen LogP contribution < -0.4 is 0 Å². The number of aliphatic hydroxyl groups is 4. The topological polar surface area (TPSA) is 129 Å². The number of unbranched alkanes of at least 4 members (excludes halogenated alkanes) is 2. The zero-order valence-electron chi connectivity index (χ0n) is 22.4. The molecule has 2 aliphatic rings. The summed E-state index contributed by atoms with van der Waals surface area (Å²) in [7, 11) is 1.62. The molecule has 2 aliphatic heterocycles. The lowest BCUT2D eigenvalue weighted by molar-refractivity contribution is -0.282. The van der Waals surface area contributed by atoms with E-state index < -0.39 is 30.5 Å². The molecule has 4 N–H and O–H groups in total. The van der Waals surface area contributed by atoms with E-state index in [1.54, 1.807) is 18.9 Å². The molecule has 0 bridgehead atoms. The summed E-state index contributed by atoms with van der Waals surface area (Å²) in [5, 5.41) is 38.5. The van der Waals surface area contributed by atoms with Crippen LogP contribution in [0.25, 0.3) is 0 Å². The van der Waals surface area contributed by atoms with Gasteiger partial charge in [-0.1, -0.05) is 48.0 Å². The highest BCUT2D eigenvalue weighted by Crippen LogP contribution is 2.27. The lowest BCUT2D eigenvalue weighted by Crippen LogP contribution is -2.55. The summed E-state index contributed by atoms with van der Waals surface area (Å²) in [4.78, 5) is 14.1. The number of carbonyl (C=O) groups excluding carboxylic acids is 1. The molecule has 9 heteroatoms. The predicted octanol–water partition coefficient (Wildman–Crippen LogP) is 1.94. The van der Waals surface area contributed by atoms with E-state index in [4.69, 9.17) is 14.2 Å². The number of hydrogen-bond donors (Lipinski definition) is 4. The highest BCUT2D eigenvalue weighted by Gasteiger charge is 2.42. The molecule has 204 valence electrons. The molecule has 0 saturated carbocycles. The van der Waals surface area contributed by atoms with E-state index in [1.165, 1.54) is 0 Å². The molecule has 0 aromatic heterocycles. The van der Waals surface area contributed by atoms with Gasteiger partial charge in [-0.2, -0.15) is 0 Å². The standard InChI is InChI=1S/C19H35NO8.C4H10.C2H6/c1-12-17(24)18(25)15(11-22)28-19(12)27-7-5-3-4-6-16(23)20-9-14(26-2)8-13(20)10-21;1-4(2)3;1-2/h12-15,17-19,21-22,24-25H,3-11H2,1-2H3;4H,1-3H3;1-2H3/t12?,13-,14+,15?,17+,18-,19+;;/m0../s1. The number of rotatable bonds is 10. The van der Waals surface area contributed by atoms with Crippen molar-refractivity contribution in [1.82, 2.24) is 4.90 Å². The number of amides is 1. The lowest BCUT2D eigenvalue weighted by Gasteiger charge is -2.40. The summed E-state index contributed by atoms with van der Waals surface area (Å²) in [6, 6.07) is -0.160. The minimum Gasteiger partial charge on any atom is -0.394 e. The quantitative estimate of drug-likeness (QED) is 0.340. The molecule has 0 aromatic carbocycles. The first-order chi connectivity index (χ1) is 16.2. The van der Waals surface area contributed by atoms with Gasteiger partial charge >= 0.3 is 0 Å². The van der Waals surface area contributed by atoms with Crippen molar-refractivity contribution in [3.8, 4) is 0 Å². The van der Waals surface area contributed by atoms with Crippen LogP contribution in [0, 0.1) is 11.8 Å². The Morgan fingerprint density at radius 1 is 1.06 bits per heavy atom. The Hall–Kier alpha value is -0.810. The van der Waals surface area contributed by atoms with Crippen molar-refractivity contribution in [2.24, 2.45) is 11.8 Å². The van der Waals surface area contributed by atoms with Crippen molar-refractivity contribution in [2.45, 2.75) is 110 Å². The summed E-state index contributed by atoms with van der Waals surface area (Å²) in [6.07, 6.45) is -0.356. The number of nitrogens with zero attached hydrogens (tertiary/aromatic N) is 1. The van der Waals surface area contributed by atoms with Crippen LogP contribution >= 0.6 is 0 Å². The van der Waals surface area contributed by atoms with Crippen LogP contribution in [0.1, 0.15) is 73.6 Å². The van der Waals surface area contributed by atoms with Crippen LogP contribution in [0.2, 0.25) is 0 Å². The van der Waals surface area contributed by atoms with Crippen molar-refractivity contribution in [2.75, 3.05) is 33.5 Å². The SMILES string of the molecule is CC.CC(C)C.CO[C@@H]1C[C@@H](CO)N(C(=O)CCCCCO[C@@H]2OC(CO)[C@H](O)[C@H](O)C2C)C1. The molecule has 9 nitrogen and oxygen atoms in total. The fourth-order valence-corrected chi connectivity index (χ4v) is 3.83. The molecule has 34 heavy (non-hydrogen) atoms. The van der Waals surface area contributed by atoms with Gasteiger partial charge in [0, 0.05) is 32.6 Å². The molecule has 0 aromatic rings. The number of aliphatic hydroxyl groups excluding tert-OH is 4. The highest BCUT2D eigenvalue weighted by atomic mass is 16.7. The normalized spacial score (nSPS) is 30.9. The lowest BCUT2D eigenvalue weighted by atomic mass is 9.92. The van der Waals surface area contributed by atoms with Crippen LogP contribution in [0.3, 0.4) is 0 Å². The highest BCUT2D eigenvalue weighted by molar-refractivity contribution is 5.76. The second-order valence-electron chi connectivity index (χ2n) is 9.46. The van der Waals surface area contributed by atoms with Gasteiger partial charge in [0.05, 0.1) is 31.5 Å². The predicted molar refractivity (Wildman–Crippen MR) is 131 cm³/mol. The third-order valence-corrected chi connectivity index (χ3v) is 5.75. The molecular formula is C25H51NO8. The minimum atomic E-state index is -1.13. The fraction of sp³-hybridized carbons (Fsp3) is 0.960. The first kappa shape index (κ1) is 33.2. The zero-order valence-corrected chi connectivity index (χ0v) is 22.4. The Bertz CT molecular complexity index is 516. The molecule has 0 aliphatic carbocycles. The Morgan fingerprint density at radius 2 is 1.68 bits per heavy atom. The van der Waals surface area contributed by atoms with Gasteiger partial charge in [0.2, 0.25) is 5.91 Å². The zero-order chi connectivity index (χ0) is 26.3. The molecule has 0 radical (unpaired) electrons. The molecule has 2 saturated heterocycles. The van der Waals surface area contributed by atoms with Gasteiger partial charge < -0.3 is 39.5 Å². The summed E-state index contributed by atoms with van der Waals surface area (Å²) in [6.45, 7) is 12.7. The van der Waals surface area contributed by atoms with Gasteiger partial charge in [0.1, 0.15) is 12.2 Å². The number of ether oxygens (including phenoxy) is 3. The molecule has 2 fully saturated rings. The van der Waals surface area contributed by atoms with E-state index in [1.807, 2.05) is 13.8 Å². The molecule has 7 atom stereocenters. The van der Waals surface area contributed by atoms with Crippen molar-refractivity contribution >= 4 is 5.91 Å². The van der Waals surface area contributed by atoms with Gasteiger partial charge in [-0.15, -0.1) is 0 Å². The number of carbonyl (C=O) groups is 1. The van der Waals surface area contributed by atoms with Crippen LogP contribution in [0.15, 0.2) is 0 Å². The summed E-state index contributed by atoms with van der Waals surface area (Å²) in [5.41, 5.74) is 0. The van der Waals surface area contributed by atoms with E-state index in [2.05, 4.69) is 20.8 Å². The second-order valence-corrected chi connectivity index (χ2v) is 9.46. The third kappa shape index (κ3) is 11.3. The van der Waals surface area contributed by atoms with Gasteiger partial charge in [0.15, 0.2) is 6.29 Å². The summed E-state index contributed by atoms with van der Waals surface area (Å²) in [5.74, 6) is 0.463. The second kappa shape index (κ2) is 18.5. The maximum atomic E-state index is 12.4. The number of methoxy groups -OCH3 is 1. The first-order valence-electron chi connectivity index (χ1n) is 12.8. The van der Waals surface area contributed by atoms with Crippen molar-refractivity contribution in [1.29, 1.82) is 0 Å². The number of hydrogen-bond acceptors (Lipinski definition) is 8. The van der Waals surface area contributed by atoms with Crippen molar-refractivity contribution < 1.29 is 39.4 Å². The van der Waals surface area contributed by atoms with Crippen LogP contribution in [-0.4, -0.2) is 101 Å². The molecule has 2 rings (SSSR count). The molecule has 2 unspecified atom stereocenters. The van der Waals surface area contributed by atoms with Crippen molar-refractivity contribution in [3.05, 3.63) is 0 Å². The minimum absolute atomic E-state index is 0.0106. The Morgan fingerprint density at radius 3 is 2.21 bits per heavy atom. The largest absolute Gasteiger partial charge is 0.394 e. The average molecular weight is 494 g/mol. The fourth-order valence-electron chi connectivity index (χ4n) is 3.83. The molecule has 0 spiro atoms.